The highest BCUT2D eigenvalue weighted by Gasteiger charge is 2.25. The number of benzene rings is 2. The molecule has 0 unspecified atom stereocenters. The van der Waals surface area contributed by atoms with Gasteiger partial charge in [-0.2, -0.15) is 0 Å². The third-order valence-electron chi connectivity index (χ3n) is 4.82. The monoisotopic (exact) mass is 394 g/mol. The minimum absolute atomic E-state index is 0.0353. The van der Waals surface area contributed by atoms with Crippen LogP contribution < -0.4 is 4.90 Å². The Hall–Kier alpha value is -2.64. The predicted molar refractivity (Wildman–Crippen MR) is 110 cm³/mol. The van der Waals surface area contributed by atoms with Gasteiger partial charge in [-0.15, -0.1) is 10.2 Å². The topological polar surface area (TPSA) is 60.2 Å². The first-order valence-corrected chi connectivity index (χ1v) is 10.2. The molecule has 1 aliphatic rings. The van der Waals surface area contributed by atoms with Crippen molar-refractivity contribution in [1.82, 2.24) is 14.8 Å². The first kappa shape index (κ1) is 18.7. The number of rotatable bonds is 6. The van der Waals surface area contributed by atoms with Crippen LogP contribution in [0.3, 0.4) is 0 Å². The van der Waals surface area contributed by atoms with Crippen LogP contribution in [-0.2, 0) is 28.9 Å². The highest BCUT2D eigenvalue weighted by atomic mass is 32.2. The number of amides is 1. The zero-order valence-electron chi connectivity index (χ0n) is 15.7. The second kappa shape index (κ2) is 8.58. The molecule has 0 saturated carbocycles. The van der Waals surface area contributed by atoms with Crippen molar-refractivity contribution in [3.8, 4) is 0 Å². The Kier molecular flexibility index (Phi) is 5.73. The molecule has 0 spiro atoms. The molecule has 0 N–H and O–H groups in total. The second-order valence-corrected chi connectivity index (χ2v) is 7.52. The van der Waals surface area contributed by atoms with E-state index in [2.05, 4.69) is 22.3 Å². The smallest absolute Gasteiger partial charge is 0.242 e. The molecule has 2 aromatic carbocycles. The summed E-state index contributed by atoms with van der Waals surface area (Å²) in [5, 5.41) is 8.83. The van der Waals surface area contributed by atoms with Crippen molar-refractivity contribution >= 4 is 29.0 Å². The highest BCUT2D eigenvalue weighted by molar-refractivity contribution is 7.99. The van der Waals surface area contributed by atoms with Gasteiger partial charge >= 0.3 is 0 Å². The molecular weight excluding hydrogens is 372 g/mol. The Labute approximate surface area is 168 Å². The van der Waals surface area contributed by atoms with Crippen LogP contribution in [0.2, 0.25) is 0 Å². The molecule has 1 amide bonds. The average Bonchev–Trinajstić information content (AvgIpc) is 3.10. The SMILES string of the molecule is COCCn1cnnc1SCC(=O)N1c2ccccc2CCc2ccccc21. The molecule has 0 radical (unpaired) electrons. The standard InChI is InChI=1S/C21H22N4O2S/c1-27-13-12-24-15-22-23-21(24)28-14-20(26)25-18-8-4-2-6-16(18)10-11-17-7-3-5-9-19(17)25/h2-9,15H,10-14H2,1H3. The summed E-state index contributed by atoms with van der Waals surface area (Å²) in [6, 6.07) is 16.3. The Morgan fingerprint density at radius 1 is 1.07 bits per heavy atom. The van der Waals surface area contributed by atoms with Crippen LogP contribution >= 0.6 is 11.8 Å². The lowest BCUT2D eigenvalue weighted by Crippen LogP contribution is -2.28. The minimum atomic E-state index is 0.0353. The van der Waals surface area contributed by atoms with Gasteiger partial charge in [0.1, 0.15) is 6.33 Å². The number of hydrogen-bond donors (Lipinski definition) is 0. The van der Waals surface area contributed by atoms with Gasteiger partial charge in [-0.1, -0.05) is 48.2 Å². The minimum Gasteiger partial charge on any atom is -0.383 e. The molecule has 2 heterocycles. The van der Waals surface area contributed by atoms with E-state index in [-0.39, 0.29) is 11.7 Å². The van der Waals surface area contributed by atoms with E-state index in [1.165, 1.54) is 22.9 Å². The lowest BCUT2D eigenvalue weighted by molar-refractivity contribution is -0.115. The fourth-order valence-electron chi connectivity index (χ4n) is 3.44. The maximum atomic E-state index is 13.3. The van der Waals surface area contributed by atoms with Gasteiger partial charge in [-0.3, -0.25) is 9.69 Å². The quantitative estimate of drug-likeness (QED) is 0.599. The Balaban J connectivity index is 1.60. The Bertz CT molecular complexity index is 925. The zero-order chi connectivity index (χ0) is 19.3. The zero-order valence-corrected chi connectivity index (χ0v) is 16.6. The van der Waals surface area contributed by atoms with Crippen molar-refractivity contribution in [2.45, 2.75) is 24.5 Å². The summed E-state index contributed by atoms with van der Waals surface area (Å²) in [6.07, 6.45) is 3.52. The summed E-state index contributed by atoms with van der Waals surface area (Å²) in [7, 11) is 1.66. The molecule has 0 saturated heterocycles. The van der Waals surface area contributed by atoms with E-state index in [0.29, 0.717) is 13.2 Å². The molecule has 1 aliphatic heterocycles. The van der Waals surface area contributed by atoms with Crippen molar-refractivity contribution in [2.24, 2.45) is 0 Å². The van der Waals surface area contributed by atoms with E-state index >= 15 is 0 Å². The van der Waals surface area contributed by atoms with Crippen LogP contribution in [0, 0.1) is 0 Å². The molecule has 0 aliphatic carbocycles. The molecule has 6 nitrogen and oxygen atoms in total. The number of carbonyl (C=O) groups excluding carboxylic acids is 1. The number of fused-ring (bicyclic) bond motifs is 2. The number of aromatic nitrogens is 3. The van der Waals surface area contributed by atoms with Gasteiger partial charge in [0.15, 0.2) is 5.16 Å². The number of carbonyl (C=O) groups is 1. The first-order valence-electron chi connectivity index (χ1n) is 9.26. The number of hydrogen-bond acceptors (Lipinski definition) is 5. The maximum Gasteiger partial charge on any atom is 0.242 e. The molecule has 7 heteroatoms. The number of methoxy groups -OCH3 is 1. The summed E-state index contributed by atoms with van der Waals surface area (Å²) < 4.78 is 7.03. The highest BCUT2D eigenvalue weighted by Crippen LogP contribution is 2.36. The Morgan fingerprint density at radius 3 is 2.36 bits per heavy atom. The van der Waals surface area contributed by atoms with Gasteiger partial charge in [0.05, 0.1) is 23.7 Å². The van der Waals surface area contributed by atoms with Crippen molar-refractivity contribution in [3.05, 3.63) is 66.0 Å². The lowest BCUT2D eigenvalue weighted by Gasteiger charge is -2.24. The van der Waals surface area contributed by atoms with Gasteiger partial charge in [0, 0.05) is 13.7 Å². The van der Waals surface area contributed by atoms with Crippen LogP contribution in [0.25, 0.3) is 0 Å². The third kappa shape index (κ3) is 3.81. The number of ether oxygens (including phenoxy) is 1. The molecule has 1 aromatic heterocycles. The van der Waals surface area contributed by atoms with E-state index < -0.39 is 0 Å². The molecular formula is C21H22N4O2S. The van der Waals surface area contributed by atoms with Crippen LogP contribution in [0.5, 0.6) is 0 Å². The fraction of sp³-hybridized carbons (Fsp3) is 0.286. The summed E-state index contributed by atoms with van der Waals surface area (Å²) in [6.45, 7) is 1.24. The summed E-state index contributed by atoms with van der Waals surface area (Å²) >= 11 is 1.40. The molecule has 0 atom stereocenters. The first-order chi connectivity index (χ1) is 13.8. The number of nitrogens with zero attached hydrogens (tertiary/aromatic N) is 4. The van der Waals surface area contributed by atoms with Gasteiger partial charge in [-0.25, -0.2) is 0 Å². The van der Waals surface area contributed by atoms with E-state index in [1.807, 2.05) is 45.9 Å². The van der Waals surface area contributed by atoms with Gasteiger partial charge in [-0.05, 0) is 36.1 Å². The lowest BCUT2D eigenvalue weighted by atomic mass is 10.0. The van der Waals surface area contributed by atoms with Crippen LogP contribution in [0.1, 0.15) is 11.1 Å². The van der Waals surface area contributed by atoms with E-state index in [1.54, 1.807) is 13.4 Å². The summed E-state index contributed by atoms with van der Waals surface area (Å²) in [4.78, 5) is 15.2. The third-order valence-corrected chi connectivity index (χ3v) is 5.78. The van der Waals surface area contributed by atoms with Crippen LogP contribution in [-0.4, -0.2) is 40.1 Å². The van der Waals surface area contributed by atoms with Crippen LogP contribution in [0.15, 0.2) is 60.0 Å². The number of aryl methyl sites for hydroxylation is 2. The average molecular weight is 395 g/mol. The van der Waals surface area contributed by atoms with E-state index in [0.717, 1.165) is 29.4 Å². The second-order valence-electron chi connectivity index (χ2n) is 6.57. The molecule has 4 rings (SSSR count). The fourth-order valence-corrected chi connectivity index (χ4v) is 4.23. The van der Waals surface area contributed by atoms with Gasteiger partial charge < -0.3 is 9.30 Å². The normalized spacial score (nSPS) is 13.0. The van der Waals surface area contributed by atoms with Crippen molar-refractivity contribution in [2.75, 3.05) is 24.4 Å². The van der Waals surface area contributed by atoms with E-state index in [4.69, 9.17) is 4.74 Å². The van der Waals surface area contributed by atoms with Gasteiger partial charge in [0.25, 0.3) is 0 Å². The Morgan fingerprint density at radius 2 is 1.71 bits per heavy atom. The maximum absolute atomic E-state index is 13.3. The largest absolute Gasteiger partial charge is 0.383 e. The van der Waals surface area contributed by atoms with Crippen molar-refractivity contribution in [3.63, 3.8) is 0 Å². The van der Waals surface area contributed by atoms with Crippen molar-refractivity contribution in [1.29, 1.82) is 0 Å². The number of para-hydroxylation sites is 2. The molecule has 28 heavy (non-hydrogen) atoms. The van der Waals surface area contributed by atoms with E-state index in [9.17, 15) is 4.79 Å². The summed E-state index contributed by atoms with van der Waals surface area (Å²) in [5.74, 6) is 0.321. The molecule has 144 valence electrons. The number of thioether (sulfide) groups is 1. The van der Waals surface area contributed by atoms with Gasteiger partial charge in [0.2, 0.25) is 5.91 Å². The summed E-state index contributed by atoms with van der Waals surface area (Å²) in [5.41, 5.74) is 4.33. The molecule has 3 aromatic rings. The number of anilines is 2. The predicted octanol–water partition coefficient (Wildman–Crippen LogP) is 3.48. The van der Waals surface area contributed by atoms with Crippen LogP contribution in [0.4, 0.5) is 11.4 Å². The molecule has 0 fully saturated rings. The van der Waals surface area contributed by atoms with Crippen molar-refractivity contribution < 1.29 is 9.53 Å². The molecule has 0 bridgehead atoms.